The van der Waals surface area contributed by atoms with Gasteiger partial charge in [0.15, 0.2) is 10.9 Å². The molecule has 1 aromatic carbocycles. The molecule has 5 heteroatoms. The fourth-order valence-electron chi connectivity index (χ4n) is 1.41. The second kappa shape index (κ2) is 5.06. The normalized spacial score (nSPS) is 10.5. The average Bonchev–Trinajstić information content (AvgIpc) is 2.67. The Bertz CT molecular complexity index is 565. The third-order valence-corrected chi connectivity index (χ3v) is 3.94. The van der Waals surface area contributed by atoms with Gasteiger partial charge in [-0.1, -0.05) is 27.7 Å². The first kappa shape index (κ1) is 12.4. The lowest BCUT2D eigenvalue weighted by Crippen LogP contribution is -1.96. The van der Waals surface area contributed by atoms with Gasteiger partial charge >= 0.3 is 0 Å². The summed E-state index contributed by atoms with van der Waals surface area (Å²) in [7, 11) is 1.93. The van der Waals surface area contributed by atoms with Crippen molar-refractivity contribution in [1.29, 1.82) is 0 Å². The van der Waals surface area contributed by atoms with Crippen LogP contribution in [0.15, 0.2) is 45.1 Å². The third-order valence-electron chi connectivity index (χ3n) is 2.30. The molecule has 0 atom stereocenters. The smallest absolute Gasteiger partial charge is 0.172 e. The molecule has 0 fully saturated rings. The predicted octanol–water partition coefficient (Wildman–Crippen LogP) is 3.54. The minimum Gasteiger partial charge on any atom is -0.329 e. The number of carbonyl (C=O) groups is 1. The number of hydrogen-bond acceptors (Lipinski definition) is 3. The van der Waals surface area contributed by atoms with Gasteiger partial charge in [0.2, 0.25) is 0 Å². The van der Waals surface area contributed by atoms with Gasteiger partial charge in [-0.3, -0.25) is 4.79 Å². The number of ketones is 1. The number of rotatable bonds is 3. The SMILES string of the molecule is CC(=O)c1cc(Br)ccc1Sc1nccn1C. The summed E-state index contributed by atoms with van der Waals surface area (Å²) in [4.78, 5) is 16.7. The van der Waals surface area contributed by atoms with Gasteiger partial charge in [0, 0.05) is 34.4 Å². The summed E-state index contributed by atoms with van der Waals surface area (Å²) in [5, 5.41) is 0.870. The molecule has 0 amide bonds. The number of benzene rings is 1. The van der Waals surface area contributed by atoms with Crippen LogP contribution in [0.1, 0.15) is 17.3 Å². The molecule has 0 aliphatic rings. The zero-order chi connectivity index (χ0) is 12.4. The molecule has 88 valence electrons. The molecule has 0 bridgehead atoms. The Hall–Kier alpha value is -1.07. The van der Waals surface area contributed by atoms with Crippen molar-refractivity contribution in [2.75, 3.05) is 0 Å². The van der Waals surface area contributed by atoms with Crippen molar-refractivity contribution in [2.24, 2.45) is 7.05 Å². The largest absolute Gasteiger partial charge is 0.329 e. The van der Waals surface area contributed by atoms with Gasteiger partial charge in [-0.15, -0.1) is 0 Å². The number of nitrogens with zero attached hydrogens (tertiary/aromatic N) is 2. The highest BCUT2D eigenvalue weighted by Gasteiger charge is 2.11. The highest BCUT2D eigenvalue weighted by molar-refractivity contribution is 9.10. The number of aromatic nitrogens is 2. The fourth-order valence-corrected chi connectivity index (χ4v) is 2.74. The lowest BCUT2D eigenvalue weighted by Gasteiger charge is -2.06. The molecule has 3 nitrogen and oxygen atoms in total. The molecular weight excluding hydrogens is 300 g/mol. The molecule has 0 aliphatic carbocycles. The van der Waals surface area contributed by atoms with Crippen molar-refractivity contribution in [3.8, 4) is 0 Å². The third kappa shape index (κ3) is 2.79. The zero-order valence-corrected chi connectivity index (χ0v) is 11.9. The molecule has 2 rings (SSSR count). The van der Waals surface area contributed by atoms with Crippen LogP contribution in [0.25, 0.3) is 0 Å². The number of Topliss-reactive ketones (excluding diaryl/α,β-unsaturated/α-hetero) is 1. The van der Waals surface area contributed by atoms with Crippen molar-refractivity contribution in [3.63, 3.8) is 0 Å². The predicted molar refractivity (Wildman–Crippen MR) is 71.5 cm³/mol. The van der Waals surface area contributed by atoms with E-state index < -0.39 is 0 Å². The van der Waals surface area contributed by atoms with Crippen LogP contribution in [0.4, 0.5) is 0 Å². The van der Waals surface area contributed by atoms with E-state index in [9.17, 15) is 4.79 Å². The second-order valence-electron chi connectivity index (χ2n) is 3.62. The molecule has 0 spiro atoms. The minimum absolute atomic E-state index is 0.0583. The molecule has 1 aromatic heterocycles. The first-order valence-corrected chi connectivity index (χ1v) is 6.64. The highest BCUT2D eigenvalue weighted by atomic mass is 79.9. The van der Waals surface area contributed by atoms with Gasteiger partial charge in [0.25, 0.3) is 0 Å². The maximum Gasteiger partial charge on any atom is 0.172 e. The van der Waals surface area contributed by atoms with Crippen molar-refractivity contribution in [2.45, 2.75) is 17.0 Å². The van der Waals surface area contributed by atoms with E-state index in [1.54, 1.807) is 13.1 Å². The van der Waals surface area contributed by atoms with Gasteiger partial charge in [-0.25, -0.2) is 4.98 Å². The number of imidazole rings is 1. The second-order valence-corrected chi connectivity index (χ2v) is 5.54. The van der Waals surface area contributed by atoms with Gasteiger partial charge in [0.1, 0.15) is 0 Å². The first-order chi connectivity index (χ1) is 8.08. The first-order valence-electron chi connectivity index (χ1n) is 5.03. The Kier molecular flexibility index (Phi) is 3.69. The molecule has 0 unspecified atom stereocenters. The van der Waals surface area contributed by atoms with E-state index >= 15 is 0 Å². The molecular formula is C12H11BrN2OS. The summed E-state index contributed by atoms with van der Waals surface area (Å²) in [6, 6.07) is 5.70. The highest BCUT2D eigenvalue weighted by Crippen LogP contribution is 2.31. The van der Waals surface area contributed by atoms with Crippen LogP contribution in [0.2, 0.25) is 0 Å². The lowest BCUT2D eigenvalue weighted by atomic mass is 10.1. The summed E-state index contributed by atoms with van der Waals surface area (Å²) in [6.07, 6.45) is 3.63. The summed E-state index contributed by atoms with van der Waals surface area (Å²) in [5.74, 6) is 0.0583. The standard InChI is InChI=1S/C12H11BrN2OS/c1-8(16)10-7-9(13)3-4-11(10)17-12-14-5-6-15(12)2/h3-7H,1-2H3. The Balaban J connectivity index is 2.39. The summed E-state index contributed by atoms with van der Waals surface area (Å²) < 4.78 is 2.84. The lowest BCUT2D eigenvalue weighted by molar-refractivity contribution is 0.101. The van der Waals surface area contributed by atoms with Crippen molar-refractivity contribution >= 4 is 33.5 Å². The fraction of sp³-hybridized carbons (Fsp3) is 0.167. The Morgan fingerprint density at radius 2 is 2.24 bits per heavy atom. The van der Waals surface area contributed by atoms with Gasteiger partial charge in [-0.05, 0) is 25.1 Å². The summed E-state index contributed by atoms with van der Waals surface area (Å²) >= 11 is 4.87. The van der Waals surface area contributed by atoms with E-state index in [2.05, 4.69) is 20.9 Å². The van der Waals surface area contributed by atoms with Crippen LogP contribution < -0.4 is 0 Å². The molecule has 0 aliphatic heterocycles. The quantitative estimate of drug-likeness (QED) is 0.813. The van der Waals surface area contributed by atoms with E-state index in [0.29, 0.717) is 5.56 Å². The number of carbonyl (C=O) groups excluding carboxylic acids is 1. The molecule has 0 saturated carbocycles. The summed E-state index contributed by atoms with van der Waals surface area (Å²) in [6.45, 7) is 1.57. The Morgan fingerprint density at radius 3 is 2.82 bits per heavy atom. The van der Waals surface area contributed by atoms with E-state index in [1.807, 2.05) is 36.0 Å². The monoisotopic (exact) mass is 310 g/mol. The van der Waals surface area contributed by atoms with Gasteiger partial charge in [0.05, 0.1) is 0 Å². The van der Waals surface area contributed by atoms with Crippen molar-refractivity contribution < 1.29 is 4.79 Å². The van der Waals surface area contributed by atoms with Crippen LogP contribution in [0, 0.1) is 0 Å². The van der Waals surface area contributed by atoms with Gasteiger partial charge in [-0.2, -0.15) is 0 Å². The maximum atomic E-state index is 11.6. The van der Waals surface area contributed by atoms with Crippen LogP contribution in [-0.4, -0.2) is 15.3 Å². The molecule has 0 radical (unpaired) electrons. The van der Waals surface area contributed by atoms with Gasteiger partial charge < -0.3 is 4.57 Å². The van der Waals surface area contributed by atoms with Crippen LogP contribution in [0.5, 0.6) is 0 Å². The maximum absolute atomic E-state index is 11.6. The number of aryl methyl sites for hydroxylation is 1. The van der Waals surface area contributed by atoms with E-state index in [-0.39, 0.29) is 5.78 Å². The molecule has 0 saturated heterocycles. The van der Waals surface area contributed by atoms with Crippen LogP contribution in [-0.2, 0) is 7.05 Å². The molecule has 17 heavy (non-hydrogen) atoms. The van der Waals surface area contributed by atoms with Crippen LogP contribution in [0.3, 0.4) is 0 Å². The van der Waals surface area contributed by atoms with Crippen LogP contribution >= 0.6 is 27.7 Å². The molecule has 1 heterocycles. The van der Waals surface area contributed by atoms with Crippen molar-refractivity contribution in [3.05, 3.63) is 40.6 Å². The Morgan fingerprint density at radius 1 is 1.47 bits per heavy atom. The summed E-state index contributed by atoms with van der Waals surface area (Å²) in [5.41, 5.74) is 0.715. The number of hydrogen-bond donors (Lipinski definition) is 0. The molecule has 2 aromatic rings. The minimum atomic E-state index is 0.0583. The Labute approximate surface area is 112 Å². The van der Waals surface area contributed by atoms with E-state index in [1.165, 1.54) is 11.8 Å². The average molecular weight is 311 g/mol. The van der Waals surface area contributed by atoms with E-state index in [4.69, 9.17) is 0 Å². The zero-order valence-electron chi connectivity index (χ0n) is 9.48. The topological polar surface area (TPSA) is 34.9 Å². The van der Waals surface area contributed by atoms with Crippen molar-refractivity contribution in [1.82, 2.24) is 9.55 Å². The van der Waals surface area contributed by atoms with E-state index in [0.717, 1.165) is 14.5 Å². The number of halogens is 1. The molecule has 0 N–H and O–H groups in total.